The smallest absolute Gasteiger partial charge is 0.256 e. The van der Waals surface area contributed by atoms with Crippen LogP contribution in [0.4, 0.5) is 5.69 Å². The van der Waals surface area contributed by atoms with Gasteiger partial charge in [-0.05, 0) is 58.5 Å². The summed E-state index contributed by atoms with van der Waals surface area (Å²) in [6.45, 7) is -0.0460. The van der Waals surface area contributed by atoms with Crippen molar-refractivity contribution in [3.63, 3.8) is 0 Å². The quantitative estimate of drug-likeness (QED) is 0.494. The van der Waals surface area contributed by atoms with Crippen LogP contribution in [0, 0.1) is 3.57 Å². The van der Waals surface area contributed by atoms with E-state index in [4.69, 9.17) is 11.6 Å². The number of carbonyl (C=O) groups excluding carboxylic acids is 2. The molecule has 1 heterocycles. The SMILES string of the molecule is O=C1CN(C(=O)c2ccccc2I)[C@@H](c2ccccc2)c2cc(Cl)ccc2N1. The van der Waals surface area contributed by atoms with E-state index in [2.05, 4.69) is 27.9 Å². The Balaban J connectivity index is 1.91. The highest BCUT2D eigenvalue weighted by atomic mass is 127. The van der Waals surface area contributed by atoms with Crippen LogP contribution < -0.4 is 5.32 Å². The molecule has 0 fully saturated rings. The van der Waals surface area contributed by atoms with Gasteiger partial charge in [-0.15, -0.1) is 0 Å². The maximum absolute atomic E-state index is 13.5. The normalized spacial score (nSPS) is 16.1. The number of rotatable bonds is 2. The molecule has 0 spiro atoms. The van der Waals surface area contributed by atoms with Gasteiger partial charge in [0.15, 0.2) is 0 Å². The van der Waals surface area contributed by atoms with Gasteiger partial charge in [0.05, 0.1) is 11.6 Å². The van der Waals surface area contributed by atoms with Crippen LogP contribution in [-0.4, -0.2) is 23.3 Å². The standard InChI is InChI=1S/C22H16ClIN2O2/c23-15-10-11-19-17(12-15)21(14-6-2-1-3-7-14)26(13-20(27)25-19)22(28)16-8-4-5-9-18(16)24/h1-12,21H,13H2,(H,25,27)/t21-/m0/s1. The molecule has 0 aliphatic carbocycles. The second-order valence-electron chi connectivity index (χ2n) is 6.51. The molecule has 0 saturated heterocycles. The van der Waals surface area contributed by atoms with Crippen molar-refractivity contribution in [2.45, 2.75) is 6.04 Å². The fraction of sp³-hybridized carbons (Fsp3) is 0.0909. The lowest BCUT2D eigenvalue weighted by Gasteiger charge is -2.31. The highest BCUT2D eigenvalue weighted by Crippen LogP contribution is 2.38. The van der Waals surface area contributed by atoms with Crippen molar-refractivity contribution < 1.29 is 9.59 Å². The molecule has 1 aliphatic rings. The van der Waals surface area contributed by atoms with E-state index >= 15 is 0 Å². The predicted molar refractivity (Wildman–Crippen MR) is 119 cm³/mol. The van der Waals surface area contributed by atoms with E-state index in [1.54, 1.807) is 23.1 Å². The van der Waals surface area contributed by atoms with E-state index in [1.165, 1.54) is 0 Å². The minimum absolute atomic E-state index is 0.0460. The molecule has 0 bridgehead atoms. The second-order valence-corrected chi connectivity index (χ2v) is 8.10. The molecule has 1 atom stereocenters. The van der Waals surface area contributed by atoms with Crippen LogP contribution in [-0.2, 0) is 4.79 Å². The molecule has 4 rings (SSSR count). The summed E-state index contributed by atoms with van der Waals surface area (Å²) in [5, 5.41) is 3.46. The van der Waals surface area contributed by atoms with Gasteiger partial charge in [0.2, 0.25) is 5.91 Å². The Hall–Kier alpha value is -2.38. The topological polar surface area (TPSA) is 49.4 Å². The van der Waals surface area contributed by atoms with Gasteiger partial charge in [0, 0.05) is 19.8 Å². The fourth-order valence-electron chi connectivity index (χ4n) is 3.45. The lowest BCUT2D eigenvalue weighted by molar-refractivity contribution is -0.117. The molecule has 0 radical (unpaired) electrons. The first-order valence-corrected chi connectivity index (χ1v) is 10.2. The molecular formula is C22H16ClIN2O2. The summed E-state index contributed by atoms with van der Waals surface area (Å²) in [5.74, 6) is -0.428. The molecule has 3 aromatic rings. The number of amides is 2. The zero-order valence-corrected chi connectivity index (χ0v) is 17.6. The number of halogens is 2. The maximum atomic E-state index is 13.5. The van der Waals surface area contributed by atoms with Gasteiger partial charge < -0.3 is 10.2 Å². The van der Waals surface area contributed by atoms with Crippen LogP contribution in [0.3, 0.4) is 0 Å². The van der Waals surface area contributed by atoms with E-state index in [1.807, 2.05) is 54.6 Å². The number of hydrogen-bond acceptors (Lipinski definition) is 2. The maximum Gasteiger partial charge on any atom is 0.256 e. The molecular weight excluding hydrogens is 487 g/mol. The first kappa shape index (κ1) is 19.0. The minimum Gasteiger partial charge on any atom is -0.324 e. The van der Waals surface area contributed by atoms with Gasteiger partial charge >= 0.3 is 0 Å². The van der Waals surface area contributed by atoms with Gasteiger partial charge in [-0.2, -0.15) is 0 Å². The average Bonchev–Trinajstić information content (AvgIpc) is 2.84. The van der Waals surface area contributed by atoms with E-state index < -0.39 is 6.04 Å². The van der Waals surface area contributed by atoms with Crippen molar-refractivity contribution in [3.05, 3.63) is 98.1 Å². The Morgan fingerprint density at radius 3 is 2.50 bits per heavy atom. The van der Waals surface area contributed by atoms with Crippen molar-refractivity contribution in [1.82, 2.24) is 4.90 Å². The van der Waals surface area contributed by atoms with Crippen LogP contribution in [0.5, 0.6) is 0 Å². The Morgan fingerprint density at radius 1 is 1.04 bits per heavy atom. The Bertz CT molecular complexity index is 1060. The van der Waals surface area contributed by atoms with Crippen LogP contribution in [0.25, 0.3) is 0 Å². The second kappa shape index (κ2) is 7.93. The molecule has 4 nitrogen and oxygen atoms in total. The third-order valence-electron chi connectivity index (χ3n) is 4.69. The molecule has 3 aromatic carbocycles. The van der Waals surface area contributed by atoms with Crippen molar-refractivity contribution in [1.29, 1.82) is 0 Å². The molecule has 0 unspecified atom stereocenters. The number of nitrogens with one attached hydrogen (secondary N) is 1. The van der Waals surface area contributed by atoms with Crippen LogP contribution >= 0.6 is 34.2 Å². The zero-order chi connectivity index (χ0) is 19.7. The third-order valence-corrected chi connectivity index (χ3v) is 5.86. The van der Waals surface area contributed by atoms with Crippen LogP contribution in [0.15, 0.2) is 72.8 Å². The highest BCUT2D eigenvalue weighted by Gasteiger charge is 2.34. The lowest BCUT2D eigenvalue weighted by atomic mass is 9.95. The van der Waals surface area contributed by atoms with E-state index in [-0.39, 0.29) is 18.4 Å². The minimum atomic E-state index is -0.433. The fourth-order valence-corrected chi connectivity index (χ4v) is 4.25. The van der Waals surface area contributed by atoms with Crippen LogP contribution in [0.2, 0.25) is 5.02 Å². The van der Waals surface area contributed by atoms with Crippen molar-refractivity contribution in [2.24, 2.45) is 0 Å². The number of hydrogen-bond donors (Lipinski definition) is 1. The number of anilines is 1. The molecule has 0 aromatic heterocycles. The van der Waals surface area contributed by atoms with Gasteiger partial charge in [-0.3, -0.25) is 9.59 Å². The van der Waals surface area contributed by atoms with E-state index in [9.17, 15) is 9.59 Å². The summed E-state index contributed by atoms with van der Waals surface area (Å²) in [6, 6.07) is 22.0. The summed E-state index contributed by atoms with van der Waals surface area (Å²) >= 11 is 8.42. The Morgan fingerprint density at radius 2 is 1.75 bits per heavy atom. The van der Waals surface area contributed by atoms with E-state index in [0.717, 1.165) is 14.7 Å². The number of fused-ring (bicyclic) bond motifs is 1. The molecule has 1 N–H and O–H groups in total. The zero-order valence-electron chi connectivity index (χ0n) is 14.7. The summed E-state index contributed by atoms with van der Waals surface area (Å²) in [6.07, 6.45) is 0. The van der Waals surface area contributed by atoms with Crippen molar-refractivity contribution >= 4 is 51.7 Å². The van der Waals surface area contributed by atoms with Gasteiger partial charge in [0.1, 0.15) is 6.54 Å². The Kier molecular flexibility index (Phi) is 5.37. The van der Waals surface area contributed by atoms with Crippen molar-refractivity contribution in [2.75, 3.05) is 11.9 Å². The summed E-state index contributed by atoms with van der Waals surface area (Å²) in [7, 11) is 0. The monoisotopic (exact) mass is 502 g/mol. The summed E-state index contributed by atoms with van der Waals surface area (Å²) in [5.41, 5.74) is 2.95. The Labute approximate surface area is 181 Å². The summed E-state index contributed by atoms with van der Waals surface area (Å²) in [4.78, 5) is 27.7. The third kappa shape index (κ3) is 3.64. The molecule has 6 heteroatoms. The van der Waals surface area contributed by atoms with Gasteiger partial charge in [-0.1, -0.05) is 54.1 Å². The van der Waals surface area contributed by atoms with Gasteiger partial charge in [0.25, 0.3) is 5.91 Å². The first-order chi connectivity index (χ1) is 13.5. The molecule has 28 heavy (non-hydrogen) atoms. The number of benzene rings is 3. The molecule has 140 valence electrons. The van der Waals surface area contributed by atoms with E-state index in [0.29, 0.717) is 16.3 Å². The molecule has 2 amide bonds. The molecule has 0 saturated carbocycles. The highest BCUT2D eigenvalue weighted by molar-refractivity contribution is 14.1. The largest absolute Gasteiger partial charge is 0.324 e. The van der Waals surface area contributed by atoms with Crippen molar-refractivity contribution in [3.8, 4) is 0 Å². The average molecular weight is 503 g/mol. The number of carbonyl (C=O) groups is 2. The van der Waals surface area contributed by atoms with Crippen LogP contribution in [0.1, 0.15) is 27.5 Å². The lowest BCUT2D eigenvalue weighted by Crippen LogP contribution is -2.39. The molecule has 1 aliphatic heterocycles. The summed E-state index contributed by atoms with van der Waals surface area (Å²) < 4.78 is 0.841. The first-order valence-electron chi connectivity index (χ1n) is 8.74. The van der Waals surface area contributed by atoms with Gasteiger partial charge in [-0.25, -0.2) is 0 Å². The predicted octanol–water partition coefficient (Wildman–Crippen LogP) is 5.13. The number of nitrogens with zero attached hydrogens (tertiary/aromatic N) is 1.